The predicted octanol–water partition coefficient (Wildman–Crippen LogP) is 2.10. The second-order valence-electron chi connectivity index (χ2n) is 6.34. The van der Waals surface area contributed by atoms with Crippen molar-refractivity contribution in [3.05, 3.63) is 0 Å². The molecule has 0 radical (unpaired) electrons. The third-order valence-electron chi connectivity index (χ3n) is 4.13. The highest BCUT2D eigenvalue weighted by molar-refractivity contribution is 4.98. The van der Waals surface area contributed by atoms with Gasteiger partial charge < -0.3 is 5.32 Å². The van der Waals surface area contributed by atoms with Gasteiger partial charge in [-0.1, -0.05) is 34.1 Å². The summed E-state index contributed by atoms with van der Waals surface area (Å²) in [6, 6.07) is 1.59. The summed E-state index contributed by atoms with van der Waals surface area (Å²) in [6.07, 6.45) is 2.82. The first kappa shape index (κ1) is 11.4. The second-order valence-corrected chi connectivity index (χ2v) is 6.34. The maximum atomic E-state index is 3.66. The average Bonchev–Trinajstić information content (AvgIpc) is 2.95. The van der Waals surface area contributed by atoms with E-state index in [0.717, 1.165) is 12.0 Å². The fraction of sp³-hybridized carbons (Fsp3) is 1.00. The second kappa shape index (κ2) is 4.06. The van der Waals surface area contributed by atoms with Crippen molar-refractivity contribution in [3.63, 3.8) is 0 Å². The van der Waals surface area contributed by atoms with Gasteiger partial charge in [0.1, 0.15) is 0 Å². The van der Waals surface area contributed by atoms with Gasteiger partial charge in [-0.05, 0) is 17.8 Å². The normalized spacial score (nSPS) is 38.0. The zero-order valence-electron chi connectivity index (χ0n) is 10.7. The van der Waals surface area contributed by atoms with E-state index in [0.29, 0.717) is 11.5 Å². The highest BCUT2D eigenvalue weighted by atomic mass is 15.3. The Balaban J connectivity index is 1.88. The van der Waals surface area contributed by atoms with Crippen molar-refractivity contribution >= 4 is 0 Å². The van der Waals surface area contributed by atoms with Gasteiger partial charge in [0, 0.05) is 31.7 Å². The number of nitrogens with one attached hydrogen (secondary N) is 1. The third kappa shape index (κ3) is 2.54. The van der Waals surface area contributed by atoms with Crippen LogP contribution < -0.4 is 5.32 Å². The average molecular weight is 210 g/mol. The Morgan fingerprint density at radius 1 is 1.33 bits per heavy atom. The first-order valence-electron chi connectivity index (χ1n) is 6.49. The molecule has 3 unspecified atom stereocenters. The summed E-state index contributed by atoms with van der Waals surface area (Å²) in [5.74, 6) is 1.00. The number of piperazine rings is 1. The Bertz CT molecular complexity index is 219. The lowest BCUT2D eigenvalue weighted by molar-refractivity contribution is 0.124. The minimum Gasteiger partial charge on any atom is -0.311 e. The predicted molar refractivity (Wildman–Crippen MR) is 65.0 cm³/mol. The van der Waals surface area contributed by atoms with Crippen LogP contribution in [-0.4, -0.2) is 36.6 Å². The molecule has 15 heavy (non-hydrogen) atoms. The van der Waals surface area contributed by atoms with E-state index in [1.165, 1.54) is 32.5 Å². The monoisotopic (exact) mass is 210 g/mol. The molecule has 88 valence electrons. The summed E-state index contributed by atoms with van der Waals surface area (Å²) in [7, 11) is 0. The molecule has 1 heterocycles. The molecular formula is C13H26N2. The van der Waals surface area contributed by atoms with E-state index in [-0.39, 0.29) is 0 Å². The van der Waals surface area contributed by atoms with Gasteiger partial charge in [0.05, 0.1) is 0 Å². The van der Waals surface area contributed by atoms with E-state index in [2.05, 4.69) is 37.9 Å². The molecule has 1 aliphatic carbocycles. The van der Waals surface area contributed by atoms with Gasteiger partial charge in [0.2, 0.25) is 0 Å². The third-order valence-corrected chi connectivity index (χ3v) is 4.13. The Hall–Kier alpha value is -0.0800. The first-order valence-corrected chi connectivity index (χ1v) is 6.49. The SMILES string of the molecule is CCC1CC1N1CCNC(C(C)(C)C)C1. The zero-order valence-corrected chi connectivity index (χ0v) is 10.7. The van der Waals surface area contributed by atoms with Crippen LogP contribution in [0.5, 0.6) is 0 Å². The molecular weight excluding hydrogens is 184 g/mol. The fourth-order valence-corrected chi connectivity index (χ4v) is 2.77. The van der Waals surface area contributed by atoms with Gasteiger partial charge in [-0.15, -0.1) is 0 Å². The van der Waals surface area contributed by atoms with Crippen LogP contribution in [0.3, 0.4) is 0 Å². The van der Waals surface area contributed by atoms with E-state index < -0.39 is 0 Å². The van der Waals surface area contributed by atoms with Gasteiger partial charge in [-0.3, -0.25) is 4.90 Å². The molecule has 0 amide bonds. The summed E-state index contributed by atoms with van der Waals surface area (Å²) < 4.78 is 0. The molecule has 2 fully saturated rings. The molecule has 0 aromatic carbocycles. The van der Waals surface area contributed by atoms with Crippen molar-refractivity contribution < 1.29 is 0 Å². The summed E-state index contributed by atoms with van der Waals surface area (Å²) in [5.41, 5.74) is 0.398. The number of hydrogen-bond donors (Lipinski definition) is 1. The van der Waals surface area contributed by atoms with Gasteiger partial charge in [-0.25, -0.2) is 0 Å². The van der Waals surface area contributed by atoms with Crippen LogP contribution in [-0.2, 0) is 0 Å². The van der Waals surface area contributed by atoms with E-state index >= 15 is 0 Å². The van der Waals surface area contributed by atoms with Crippen LogP contribution in [0.15, 0.2) is 0 Å². The van der Waals surface area contributed by atoms with Crippen LogP contribution in [0.2, 0.25) is 0 Å². The molecule has 1 saturated heterocycles. The zero-order chi connectivity index (χ0) is 11.1. The lowest BCUT2D eigenvalue weighted by Crippen LogP contribution is -2.56. The van der Waals surface area contributed by atoms with Crippen molar-refractivity contribution in [2.45, 2.75) is 52.6 Å². The van der Waals surface area contributed by atoms with E-state index in [4.69, 9.17) is 0 Å². The van der Waals surface area contributed by atoms with Crippen molar-refractivity contribution in [1.29, 1.82) is 0 Å². The highest BCUT2D eigenvalue weighted by Crippen LogP contribution is 2.39. The van der Waals surface area contributed by atoms with Gasteiger partial charge >= 0.3 is 0 Å². The molecule has 2 nitrogen and oxygen atoms in total. The number of rotatable bonds is 2. The lowest BCUT2D eigenvalue weighted by atomic mass is 9.85. The summed E-state index contributed by atoms with van der Waals surface area (Å²) >= 11 is 0. The Labute approximate surface area is 94.4 Å². The number of nitrogens with zero attached hydrogens (tertiary/aromatic N) is 1. The van der Waals surface area contributed by atoms with E-state index in [1.807, 2.05) is 0 Å². The molecule has 0 aromatic rings. The number of hydrogen-bond acceptors (Lipinski definition) is 2. The van der Waals surface area contributed by atoms with Gasteiger partial charge in [0.15, 0.2) is 0 Å². The topological polar surface area (TPSA) is 15.3 Å². The smallest absolute Gasteiger partial charge is 0.0244 e. The molecule has 2 aliphatic rings. The Kier molecular flexibility index (Phi) is 3.09. The first-order chi connectivity index (χ1) is 7.02. The largest absolute Gasteiger partial charge is 0.311 e. The van der Waals surface area contributed by atoms with Gasteiger partial charge in [-0.2, -0.15) is 0 Å². The molecule has 3 atom stereocenters. The summed E-state index contributed by atoms with van der Waals surface area (Å²) in [6.45, 7) is 13.1. The molecule has 0 bridgehead atoms. The fourth-order valence-electron chi connectivity index (χ4n) is 2.77. The molecule has 1 N–H and O–H groups in total. The van der Waals surface area contributed by atoms with E-state index in [1.54, 1.807) is 0 Å². The summed E-state index contributed by atoms with van der Waals surface area (Å²) in [5, 5.41) is 3.66. The molecule has 1 saturated carbocycles. The van der Waals surface area contributed by atoms with Crippen LogP contribution in [0.1, 0.15) is 40.5 Å². The molecule has 2 heteroatoms. The summed E-state index contributed by atoms with van der Waals surface area (Å²) in [4.78, 5) is 2.72. The van der Waals surface area contributed by atoms with Crippen molar-refractivity contribution in [1.82, 2.24) is 10.2 Å². The van der Waals surface area contributed by atoms with Gasteiger partial charge in [0.25, 0.3) is 0 Å². The van der Waals surface area contributed by atoms with Crippen molar-refractivity contribution in [2.24, 2.45) is 11.3 Å². The molecule has 2 rings (SSSR count). The Morgan fingerprint density at radius 2 is 2.07 bits per heavy atom. The van der Waals surface area contributed by atoms with Crippen molar-refractivity contribution in [2.75, 3.05) is 19.6 Å². The van der Waals surface area contributed by atoms with Crippen LogP contribution in [0, 0.1) is 11.3 Å². The standard InChI is InChI=1S/C13H26N2/c1-5-10-8-11(10)15-7-6-14-12(9-15)13(2,3)4/h10-12,14H,5-9H2,1-4H3. The molecule has 0 aromatic heterocycles. The van der Waals surface area contributed by atoms with Crippen LogP contribution in [0.4, 0.5) is 0 Å². The quantitative estimate of drug-likeness (QED) is 0.751. The Morgan fingerprint density at radius 3 is 2.60 bits per heavy atom. The van der Waals surface area contributed by atoms with Crippen molar-refractivity contribution in [3.8, 4) is 0 Å². The van der Waals surface area contributed by atoms with Crippen LogP contribution in [0.25, 0.3) is 0 Å². The lowest BCUT2D eigenvalue weighted by Gasteiger charge is -2.41. The molecule has 1 aliphatic heterocycles. The van der Waals surface area contributed by atoms with Crippen LogP contribution >= 0.6 is 0 Å². The highest BCUT2D eigenvalue weighted by Gasteiger charge is 2.42. The maximum Gasteiger partial charge on any atom is 0.0244 e. The minimum absolute atomic E-state index is 0.398. The molecule has 0 spiro atoms. The minimum atomic E-state index is 0.398. The van der Waals surface area contributed by atoms with E-state index in [9.17, 15) is 0 Å². The maximum absolute atomic E-state index is 3.66.